The fraction of sp³-hybridized carbons (Fsp3) is 0.250. The number of alkyl halides is 2. The third-order valence-corrected chi connectivity index (χ3v) is 1.84. The molecule has 1 heterocycles. The van der Waals surface area contributed by atoms with Gasteiger partial charge in [-0.15, -0.1) is 0 Å². The second-order valence-electron chi connectivity index (χ2n) is 2.78. The Morgan fingerprint density at radius 1 is 1.69 bits per heavy atom. The molecule has 0 bridgehead atoms. The molecule has 0 aliphatic rings. The highest BCUT2D eigenvalue weighted by atomic mass is 19.3. The van der Waals surface area contributed by atoms with Gasteiger partial charge in [0.05, 0.1) is 11.1 Å². The summed E-state index contributed by atoms with van der Waals surface area (Å²) >= 11 is 0. The Hall–Kier alpha value is -2.14. The van der Waals surface area contributed by atoms with Crippen LogP contribution in [0.4, 0.5) is 14.6 Å². The van der Waals surface area contributed by atoms with E-state index in [-0.39, 0.29) is 12.1 Å². The molecule has 0 atom stereocenters. The van der Waals surface area contributed by atoms with Crippen molar-refractivity contribution in [3.05, 3.63) is 33.0 Å². The topological polar surface area (TPSA) is 106 Å². The first-order valence-electron chi connectivity index (χ1n) is 4.07. The van der Waals surface area contributed by atoms with Crippen molar-refractivity contribution in [1.29, 1.82) is 5.26 Å². The van der Waals surface area contributed by atoms with Gasteiger partial charge < -0.3 is 15.8 Å². The van der Waals surface area contributed by atoms with E-state index in [2.05, 4.69) is 4.98 Å². The lowest BCUT2D eigenvalue weighted by Gasteiger charge is -2.03. The van der Waals surface area contributed by atoms with Gasteiger partial charge in [0, 0.05) is 6.54 Å². The van der Waals surface area contributed by atoms with Gasteiger partial charge in [-0.2, -0.15) is 5.26 Å². The molecule has 8 heteroatoms. The van der Waals surface area contributed by atoms with Crippen LogP contribution in [0.5, 0.6) is 0 Å². The number of halogens is 2. The summed E-state index contributed by atoms with van der Waals surface area (Å²) in [6.45, 7) is -0.297. The van der Waals surface area contributed by atoms with Gasteiger partial charge in [0.1, 0.15) is 6.07 Å². The van der Waals surface area contributed by atoms with Crippen molar-refractivity contribution in [3.63, 3.8) is 0 Å². The van der Waals surface area contributed by atoms with Crippen molar-refractivity contribution in [2.24, 2.45) is 5.73 Å². The van der Waals surface area contributed by atoms with Gasteiger partial charge in [0.25, 0.3) is 12.1 Å². The number of nitriles is 1. The van der Waals surface area contributed by atoms with Gasteiger partial charge in [-0.3, -0.25) is 0 Å². The first-order chi connectivity index (χ1) is 7.51. The second kappa shape index (κ2) is 4.59. The largest absolute Gasteiger partial charge is 0.369 e. The molecule has 1 aromatic heterocycles. The third-order valence-electron chi connectivity index (χ3n) is 1.84. The molecule has 0 unspecified atom stereocenters. The smallest absolute Gasteiger partial charge is 0.358 e. The minimum absolute atomic E-state index is 0.126. The Morgan fingerprint density at radius 3 is 2.69 bits per heavy atom. The molecule has 0 amide bonds. The summed E-state index contributed by atoms with van der Waals surface area (Å²) < 4.78 is 24.9. The number of aromatic nitrogens is 1. The van der Waals surface area contributed by atoms with E-state index in [0.29, 0.717) is 0 Å². The zero-order valence-electron chi connectivity index (χ0n) is 7.85. The summed E-state index contributed by atoms with van der Waals surface area (Å²) in [6.07, 6.45) is -2.92. The van der Waals surface area contributed by atoms with Crippen molar-refractivity contribution >= 4 is 5.82 Å². The monoisotopic (exact) mass is 228 g/mol. The van der Waals surface area contributed by atoms with Crippen LogP contribution in [-0.4, -0.2) is 9.91 Å². The normalized spacial score (nSPS) is 10.2. The number of hydrogen-bond acceptors (Lipinski definition) is 5. The van der Waals surface area contributed by atoms with E-state index < -0.39 is 28.4 Å². The van der Waals surface area contributed by atoms with Gasteiger partial charge in [-0.1, -0.05) is 0 Å². The van der Waals surface area contributed by atoms with Crippen LogP contribution < -0.4 is 5.73 Å². The lowest BCUT2D eigenvalue weighted by molar-refractivity contribution is -0.390. The Morgan fingerprint density at radius 2 is 2.31 bits per heavy atom. The standard InChI is InChI=1S/C8H6F2N4O2/c9-7(10)5-1-4(2-11)8(14(15)16)13-6(5)3-12/h1,7H,2,11H2. The first kappa shape index (κ1) is 11.9. The average Bonchev–Trinajstić information content (AvgIpc) is 2.26. The van der Waals surface area contributed by atoms with Crippen LogP contribution in [0.2, 0.25) is 0 Å². The van der Waals surface area contributed by atoms with Gasteiger partial charge in [0.15, 0.2) is 0 Å². The van der Waals surface area contributed by atoms with Gasteiger partial charge in [-0.25, -0.2) is 8.78 Å². The molecule has 0 aliphatic carbocycles. The minimum Gasteiger partial charge on any atom is -0.358 e. The predicted octanol–water partition coefficient (Wildman–Crippen LogP) is 1.26. The highest BCUT2D eigenvalue weighted by molar-refractivity contribution is 5.43. The summed E-state index contributed by atoms with van der Waals surface area (Å²) in [5, 5.41) is 19.1. The van der Waals surface area contributed by atoms with Crippen molar-refractivity contribution in [1.82, 2.24) is 4.98 Å². The van der Waals surface area contributed by atoms with E-state index >= 15 is 0 Å². The van der Waals surface area contributed by atoms with E-state index in [1.54, 1.807) is 0 Å². The van der Waals surface area contributed by atoms with E-state index in [1.165, 1.54) is 6.07 Å². The minimum atomic E-state index is -2.92. The highest BCUT2D eigenvalue weighted by Gasteiger charge is 2.25. The zero-order chi connectivity index (χ0) is 12.3. The van der Waals surface area contributed by atoms with Gasteiger partial charge in [0.2, 0.25) is 0 Å². The number of nitrogens with two attached hydrogens (primary N) is 1. The Kier molecular flexibility index (Phi) is 3.42. The molecule has 0 aliphatic heterocycles. The number of nitro groups is 1. The fourth-order valence-corrected chi connectivity index (χ4v) is 1.13. The molecule has 0 saturated carbocycles. The Balaban J connectivity index is 3.48. The van der Waals surface area contributed by atoms with E-state index in [1.807, 2.05) is 0 Å². The lowest BCUT2D eigenvalue weighted by Crippen LogP contribution is -2.07. The summed E-state index contributed by atoms with van der Waals surface area (Å²) in [6, 6.07) is 2.23. The van der Waals surface area contributed by atoms with E-state index in [4.69, 9.17) is 11.0 Å². The van der Waals surface area contributed by atoms with Crippen LogP contribution in [0, 0.1) is 21.4 Å². The van der Waals surface area contributed by atoms with Gasteiger partial charge >= 0.3 is 5.82 Å². The van der Waals surface area contributed by atoms with Crippen LogP contribution in [0.3, 0.4) is 0 Å². The van der Waals surface area contributed by atoms with Crippen LogP contribution >= 0.6 is 0 Å². The molecule has 1 aromatic rings. The van der Waals surface area contributed by atoms with Crippen LogP contribution in [-0.2, 0) is 6.54 Å². The molecule has 0 radical (unpaired) electrons. The maximum absolute atomic E-state index is 12.5. The SMILES string of the molecule is N#Cc1nc([N+](=O)[O-])c(CN)cc1C(F)F. The van der Waals surface area contributed by atoms with Crippen molar-refractivity contribution in [2.75, 3.05) is 0 Å². The zero-order valence-corrected chi connectivity index (χ0v) is 7.85. The van der Waals surface area contributed by atoms with Crippen LogP contribution in [0.15, 0.2) is 6.07 Å². The average molecular weight is 228 g/mol. The Bertz CT molecular complexity index is 470. The number of hydrogen-bond donors (Lipinski definition) is 1. The fourth-order valence-electron chi connectivity index (χ4n) is 1.13. The lowest BCUT2D eigenvalue weighted by atomic mass is 10.1. The number of rotatable bonds is 3. The quantitative estimate of drug-likeness (QED) is 0.619. The summed E-state index contributed by atoms with van der Waals surface area (Å²) in [5.41, 5.74) is 3.75. The molecule has 6 nitrogen and oxygen atoms in total. The molecule has 16 heavy (non-hydrogen) atoms. The summed E-state index contributed by atoms with van der Waals surface area (Å²) in [4.78, 5) is 12.9. The van der Waals surface area contributed by atoms with E-state index in [9.17, 15) is 18.9 Å². The number of nitrogens with zero attached hydrogens (tertiary/aromatic N) is 3. The van der Waals surface area contributed by atoms with Gasteiger partial charge in [-0.05, 0) is 16.0 Å². The second-order valence-corrected chi connectivity index (χ2v) is 2.78. The molecule has 84 valence electrons. The summed E-state index contributed by atoms with van der Waals surface area (Å²) in [7, 11) is 0. The maximum atomic E-state index is 12.5. The molecule has 0 aromatic carbocycles. The summed E-state index contributed by atoms with van der Waals surface area (Å²) in [5.74, 6) is -0.663. The molecule has 0 spiro atoms. The Labute approximate surface area is 88.5 Å². The molecular formula is C8H6F2N4O2. The number of pyridine rings is 1. The van der Waals surface area contributed by atoms with E-state index in [0.717, 1.165) is 6.07 Å². The first-order valence-corrected chi connectivity index (χ1v) is 4.07. The molecule has 1 rings (SSSR count). The molecule has 2 N–H and O–H groups in total. The maximum Gasteiger partial charge on any atom is 0.369 e. The molecule has 0 fully saturated rings. The van der Waals surface area contributed by atoms with Crippen molar-refractivity contribution in [3.8, 4) is 6.07 Å². The predicted molar refractivity (Wildman–Crippen MR) is 48.5 cm³/mol. The van der Waals surface area contributed by atoms with Crippen LogP contribution in [0.25, 0.3) is 0 Å². The molecule has 0 saturated heterocycles. The molecular weight excluding hydrogens is 222 g/mol. The highest BCUT2D eigenvalue weighted by Crippen LogP contribution is 2.26. The van der Waals surface area contributed by atoms with Crippen LogP contribution in [0.1, 0.15) is 23.2 Å². The van der Waals surface area contributed by atoms with Crippen molar-refractivity contribution in [2.45, 2.75) is 13.0 Å². The van der Waals surface area contributed by atoms with Crippen molar-refractivity contribution < 1.29 is 13.7 Å². The third kappa shape index (κ3) is 2.09.